The Morgan fingerprint density at radius 3 is 2.63 bits per heavy atom. The number of anilines is 1. The zero-order valence-electron chi connectivity index (χ0n) is 15.4. The molecule has 1 saturated heterocycles. The number of nitrogens with two attached hydrogens (primary N) is 2. The maximum absolute atomic E-state index is 13.4. The SMILES string of the molecule is CC(C)(O)CN=C/C(=C\N)c1nc(NC2CC[NH2+]CC2)ncc1C(F)(F)F. The van der Waals surface area contributed by atoms with Gasteiger partial charge in [-0.15, -0.1) is 0 Å². The van der Waals surface area contributed by atoms with E-state index < -0.39 is 17.3 Å². The molecule has 1 aliphatic heterocycles. The van der Waals surface area contributed by atoms with Crippen LogP contribution >= 0.6 is 0 Å². The van der Waals surface area contributed by atoms with Crippen LogP contribution in [0.15, 0.2) is 17.4 Å². The summed E-state index contributed by atoms with van der Waals surface area (Å²) in [5, 5.41) is 15.0. The third-order valence-electron chi connectivity index (χ3n) is 4.03. The van der Waals surface area contributed by atoms with Crippen LogP contribution < -0.4 is 16.4 Å². The minimum Gasteiger partial charge on any atom is -0.404 e. The molecule has 2 heterocycles. The molecular formula is C17H26F3N6O+. The van der Waals surface area contributed by atoms with Gasteiger partial charge in [-0.3, -0.25) is 4.99 Å². The van der Waals surface area contributed by atoms with Crippen molar-refractivity contribution in [1.29, 1.82) is 0 Å². The zero-order valence-corrected chi connectivity index (χ0v) is 15.4. The van der Waals surface area contributed by atoms with Crippen LogP contribution in [0, 0.1) is 0 Å². The van der Waals surface area contributed by atoms with Crippen molar-refractivity contribution in [2.24, 2.45) is 10.7 Å². The highest BCUT2D eigenvalue weighted by molar-refractivity contribution is 6.09. The summed E-state index contributed by atoms with van der Waals surface area (Å²) >= 11 is 0. The van der Waals surface area contributed by atoms with Gasteiger partial charge < -0.3 is 21.5 Å². The molecule has 0 atom stereocenters. The molecule has 2 rings (SSSR count). The number of rotatable bonds is 6. The van der Waals surface area contributed by atoms with Gasteiger partial charge in [-0.05, 0) is 13.8 Å². The minimum atomic E-state index is -4.63. The molecule has 0 amide bonds. The monoisotopic (exact) mass is 387 g/mol. The summed E-state index contributed by atoms with van der Waals surface area (Å²) in [6.45, 7) is 5.00. The highest BCUT2D eigenvalue weighted by atomic mass is 19.4. The van der Waals surface area contributed by atoms with Crippen molar-refractivity contribution in [2.45, 2.75) is 44.5 Å². The van der Waals surface area contributed by atoms with Crippen molar-refractivity contribution < 1.29 is 23.6 Å². The van der Waals surface area contributed by atoms with E-state index in [0.29, 0.717) is 0 Å². The normalized spacial score (nSPS) is 17.5. The largest absolute Gasteiger partial charge is 0.419 e. The molecule has 10 heteroatoms. The zero-order chi connectivity index (χ0) is 20.1. The number of aromatic nitrogens is 2. The van der Waals surface area contributed by atoms with Crippen molar-refractivity contribution in [3.63, 3.8) is 0 Å². The Bertz CT molecular complexity index is 691. The van der Waals surface area contributed by atoms with Gasteiger partial charge in [-0.2, -0.15) is 13.2 Å². The van der Waals surface area contributed by atoms with E-state index in [2.05, 4.69) is 25.6 Å². The number of nitrogens with zero attached hydrogens (tertiary/aromatic N) is 3. The van der Waals surface area contributed by atoms with E-state index in [9.17, 15) is 18.3 Å². The smallest absolute Gasteiger partial charge is 0.404 e. The molecule has 0 saturated carbocycles. The maximum Gasteiger partial charge on any atom is 0.419 e. The molecule has 150 valence electrons. The van der Waals surface area contributed by atoms with Crippen molar-refractivity contribution in [3.05, 3.63) is 23.7 Å². The van der Waals surface area contributed by atoms with Crippen molar-refractivity contribution >= 4 is 17.7 Å². The van der Waals surface area contributed by atoms with Gasteiger partial charge >= 0.3 is 6.18 Å². The Kier molecular flexibility index (Phi) is 6.77. The second-order valence-electron chi connectivity index (χ2n) is 7.14. The number of hydrogen-bond donors (Lipinski definition) is 4. The molecule has 1 aromatic heterocycles. The predicted octanol–water partition coefficient (Wildman–Crippen LogP) is 0.774. The highest BCUT2D eigenvalue weighted by Crippen LogP contribution is 2.33. The number of halogens is 3. The lowest BCUT2D eigenvalue weighted by Gasteiger charge is -2.22. The summed E-state index contributed by atoms with van der Waals surface area (Å²) in [6.07, 6.45) is 0.0946. The number of allylic oxidation sites excluding steroid dienone is 1. The van der Waals surface area contributed by atoms with Crippen LogP contribution in [0.2, 0.25) is 0 Å². The third kappa shape index (κ3) is 6.47. The minimum absolute atomic E-state index is 0.00834. The quantitative estimate of drug-likeness (QED) is 0.539. The average Bonchev–Trinajstić information content (AvgIpc) is 2.58. The van der Waals surface area contributed by atoms with Gasteiger partial charge in [-0.25, -0.2) is 9.97 Å². The molecule has 0 bridgehead atoms. The fraction of sp³-hybridized carbons (Fsp3) is 0.588. The summed E-state index contributed by atoms with van der Waals surface area (Å²) in [4.78, 5) is 11.9. The summed E-state index contributed by atoms with van der Waals surface area (Å²) in [5.74, 6) is 0.125. The van der Waals surface area contributed by atoms with Gasteiger partial charge in [0.05, 0.1) is 30.9 Å². The van der Waals surface area contributed by atoms with E-state index in [1.54, 1.807) is 13.8 Å². The second kappa shape index (κ2) is 8.66. The first-order chi connectivity index (χ1) is 12.6. The van der Waals surface area contributed by atoms with E-state index >= 15 is 0 Å². The van der Waals surface area contributed by atoms with Gasteiger partial charge in [0.2, 0.25) is 5.95 Å². The van der Waals surface area contributed by atoms with E-state index in [-0.39, 0.29) is 29.8 Å². The van der Waals surface area contributed by atoms with E-state index in [1.807, 2.05) is 0 Å². The average molecular weight is 387 g/mol. The Morgan fingerprint density at radius 1 is 1.41 bits per heavy atom. The molecule has 0 unspecified atom stereocenters. The van der Waals surface area contributed by atoms with Crippen molar-refractivity contribution in [1.82, 2.24) is 9.97 Å². The first kappa shape index (κ1) is 21.1. The molecule has 27 heavy (non-hydrogen) atoms. The van der Waals surface area contributed by atoms with E-state index in [4.69, 9.17) is 5.73 Å². The molecule has 1 aromatic rings. The molecule has 1 aliphatic rings. The standard InChI is InChI=1S/C17H25F3N6O/c1-16(2,27)10-23-8-11(7-21)14-13(17(18,19)20)9-24-15(26-14)25-12-3-5-22-6-4-12/h7-9,12,22,27H,3-6,10,21H2,1-2H3,(H,24,25,26)/p+1/b11-7+,23-8?. The Labute approximate surface area is 156 Å². The molecule has 7 nitrogen and oxygen atoms in total. The van der Waals surface area contributed by atoms with Crippen LogP contribution in [0.5, 0.6) is 0 Å². The summed E-state index contributed by atoms with van der Waals surface area (Å²) < 4.78 is 40.2. The van der Waals surface area contributed by atoms with Crippen molar-refractivity contribution in [3.8, 4) is 0 Å². The predicted molar refractivity (Wildman–Crippen MR) is 97.2 cm³/mol. The van der Waals surface area contributed by atoms with Crippen LogP contribution in [-0.2, 0) is 6.18 Å². The lowest BCUT2D eigenvalue weighted by molar-refractivity contribution is -0.662. The Hall–Kier alpha value is -2.20. The fourth-order valence-corrected chi connectivity index (χ4v) is 2.68. The van der Waals surface area contributed by atoms with Crippen LogP contribution in [0.1, 0.15) is 37.9 Å². The van der Waals surface area contributed by atoms with Gasteiger partial charge in [0, 0.05) is 43.1 Å². The maximum atomic E-state index is 13.4. The molecule has 0 radical (unpaired) electrons. The Balaban J connectivity index is 2.32. The number of quaternary nitrogens is 1. The molecule has 6 N–H and O–H groups in total. The summed E-state index contributed by atoms with van der Waals surface area (Å²) in [7, 11) is 0. The number of hydrogen-bond acceptors (Lipinski definition) is 6. The molecule has 0 aliphatic carbocycles. The summed E-state index contributed by atoms with van der Waals surface area (Å²) in [5.41, 5.74) is 3.12. The fourth-order valence-electron chi connectivity index (χ4n) is 2.68. The number of aliphatic hydroxyl groups is 1. The number of nitrogens with one attached hydrogen (secondary N) is 1. The van der Waals surface area contributed by atoms with Crippen LogP contribution in [-0.4, -0.2) is 52.6 Å². The van der Waals surface area contributed by atoms with Gasteiger partial charge in [0.15, 0.2) is 0 Å². The van der Waals surface area contributed by atoms with Gasteiger partial charge in [-0.1, -0.05) is 0 Å². The Morgan fingerprint density at radius 2 is 2.07 bits per heavy atom. The molecule has 1 fully saturated rings. The first-order valence-corrected chi connectivity index (χ1v) is 8.77. The van der Waals surface area contributed by atoms with Gasteiger partial charge in [0.1, 0.15) is 5.56 Å². The summed E-state index contributed by atoms with van der Waals surface area (Å²) in [6, 6.07) is 0.119. The molecule has 0 aromatic carbocycles. The molecular weight excluding hydrogens is 361 g/mol. The molecule has 0 spiro atoms. The van der Waals surface area contributed by atoms with Crippen molar-refractivity contribution in [2.75, 3.05) is 25.0 Å². The lowest BCUT2D eigenvalue weighted by atomic mass is 10.1. The number of aliphatic imine (C=N–C) groups is 1. The second-order valence-corrected chi connectivity index (χ2v) is 7.14. The van der Waals surface area contributed by atoms with Crippen LogP contribution in [0.4, 0.5) is 19.1 Å². The van der Waals surface area contributed by atoms with Crippen LogP contribution in [0.25, 0.3) is 5.57 Å². The van der Waals surface area contributed by atoms with Crippen LogP contribution in [0.3, 0.4) is 0 Å². The van der Waals surface area contributed by atoms with E-state index in [0.717, 1.165) is 38.3 Å². The van der Waals surface area contributed by atoms with E-state index in [1.165, 1.54) is 6.21 Å². The highest BCUT2D eigenvalue weighted by Gasteiger charge is 2.36. The number of piperidine rings is 1. The number of alkyl halides is 3. The topological polar surface area (TPSA) is 113 Å². The lowest BCUT2D eigenvalue weighted by Crippen LogP contribution is -2.87. The third-order valence-corrected chi connectivity index (χ3v) is 4.03. The van der Waals surface area contributed by atoms with Gasteiger partial charge in [0.25, 0.3) is 0 Å². The first-order valence-electron chi connectivity index (χ1n) is 8.77.